The molecule has 3 nitrogen and oxygen atoms in total. The Morgan fingerprint density at radius 2 is 1.86 bits per heavy atom. The molecule has 1 rings (SSSR count). The number of hydrogen-bond donors (Lipinski definition) is 3. The van der Waals surface area contributed by atoms with E-state index in [0.29, 0.717) is 0 Å². The van der Waals surface area contributed by atoms with Gasteiger partial charge in [0.1, 0.15) is 0 Å². The molecule has 1 aromatic rings. The summed E-state index contributed by atoms with van der Waals surface area (Å²) in [7, 11) is 0. The van der Waals surface area contributed by atoms with Gasteiger partial charge in [-0.15, -0.1) is 0 Å². The predicted octanol–water partition coefficient (Wildman–Crippen LogP) is 0.512. The van der Waals surface area contributed by atoms with Crippen molar-refractivity contribution in [2.24, 2.45) is 5.73 Å². The Morgan fingerprint density at radius 1 is 1.29 bits per heavy atom. The fourth-order valence-electron chi connectivity index (χ4n) is 1.17. The molecule has 76 valence electrons. The van der Waals surface area contributed by atoms with Crippen LogP contribution < -0.4 is 5.73 Å². The molecule has 0 aliphatic carbocycles. The second-order valence-electron chi connectivity index (χ2n) is 3.31. The van der Waals surface area contributed by atoms with Crippen molar-refractivity contribution in [1.29, 1.82) is 0 Å². The first-order valence-corrected chi connectivity index (χ1v) is 4.43. The standard InChI is InChI=1S/C11H15NO2/c1-2-9-3-5-10(6-4-9)7-11(13,14)8-12/h2-6,13-14H,1,7-8,12H2. The largest absolute Gasteiger partial charge is 0.364 e. The zero-order valence-electron chi connectivity index (χ0n) is 7.98. The van der Waals surface area contributed by atoms with Crippen molar-refractivity contribution >= 4 is 6.08 Å². The monoisotopic (exact) mass is 193 g/mol. The summed E-state index contributed by atoms with van der Waals surface area (Å²) in [5, 5.41) is 18.6. The Balaban J connectivity index is 2.73. The molecule has 0 atom stereocenters. The third-order valence-electron chi connectivity index (χ3n) is 2.03. The summed E-state index contributed by atoms with van der Waals surface area (Å²) < 4.78 is 0. The van der Waals surface area contributed by atoms with Crippen LogP contribution in [0.15, 0.2) is 30.8 Å². The van der Waals surface area contributed by atoms with Crippen molar-refractivity contribution in [3.63, 3.8) is 0 Å². The quantitative estimate of drug-likeness (QED) is 0.610. The van der Waals surface area contributed by atoms with E-state index in [4.69, 9.17) is 5.73 Å². The smallest absolute Gasteiger partial charge is 0.179 e. The molecular formula is C11H15NO2. The predicted molar refractivity (Wildman–Crippen MR) is 56.5 cm³/mol. The van der Waals surface area contributed by atoms with E-state index in [-0.39, 0.29) is 13.0 Å². The van der Waals surface area contributed by atoms with Gasteiger partial charge in [0.2, 0.25) is 0 Å². The molecule has 0 unspecified atom stereocenters. The van der Waals surface area contributed by atoms with Gasteiger partial charge in [0.05, 0.1) is 0 Å². The highest BCUT2D eigenvalue weighted by atomic mass is 16.5. The molecule has 0 aliphatic heterocycles. The summed E-state index contributed by atoms with van der Waals surface area (Å²) in [6, 6.07) is 7.39. The van der Waals surface area contributed by atoms with E-state index in [1.807, 2.05) is 24.3 Å². The molecule has 0 aromatic heterocycles. The molecule has 4 N–H and O–H groups in total. The molecule has 3 heteroatoms. The summed E-state index contributed by atoms with van der Waals surface area (Å²) in [4.78, 5) is 0. The molecule has 1 aromatic carbocycles. The average Bonchev–Trinajstić information content (AvgIpc) is 2.19. The van der Waals surface area contributed by atoms with Crippen molar-refractivity contribution < 1.29 is 10.2 Å². The fourth-order valence-corrected chi connectivity index (χ4v) is 1.17. The van der Waals surface area contributed by atoms with Crippen LogP contribution in [0.25, 0.3) is 6.08 Å². The lowest BCUT2D eigenvalue weighted by Crippen LogP contribution is -2.39. The van der Waals surface area contributed by atoms with Crippen LogP contribution in [0.1, 0.15) is 11.1 Å². The zero-order valence-corrected chi connectivity index (χ0v) is 7.98. The van der Waals surface area contributed by atoms with Gasteiger partial charge >= 0.3 is 0 Å². The number of hydrogen-bond acceptors (Lipinski definition) is 3. The van der Waals surface area contributed by atoms with Gasteiger partial charge < -0.3 is 15.9 Å². The molecule has 0 bridgehead atoms. The van der Waals surface area contributed by atoms with E-state index >= 15 is 0 Å². The highest BCUT2D eigenvalue weighted by molar-refractivity contribution is 5.47. The van der Waals surface area contributed by atoms with Gasteiger partial charge in [0.25, 0.3) is 0 Å². The first-order chi connectivity index (χ1) is 6.57. The lowest BCUT2D eigenvalue weighted by atomic mass is 10.0. The van der Waals surface area contributed by atoms with E-state index in [1.54, 1.807) is 6.08 Å². The summed E-state index contributed by atoms with van der Waals surface area (Å²) in [5.74, 6) is -1.81. The highest BCUT2D eigenvalue weighted by Gasteiger charge is 2.20. The maximum Gasteiger partial charge on any atom is 0.179 e. The molecule has 0 radical (unpaired) electrons. The average molecular weight is 193 g/mol. The van der Waals surface area contributed by atoms with Gasteiger partial charge in [-0.25, -0.2) is 0 Å². The van der Waals surface area contributed by atoms with Crippen molar-refractivity contribution in [2.75, 3.05) is 6.54 Å². The lowest BCUT2D eigenvalue weighted by Gasteiger charge is -2.19. The van der Waals surface area contributed by atoms with Crippen molar-refractivity contribution in [3.8, 4) is 0 Å². The molecule has 0 fully saturated rings. The Labute approximate surface area is 83.5 Å². The molecule has 0 saturated carbocycles. The summed E-state index contributed by atoms with van der Waals surface area (Å²) >= 11 is 0. The van der Waals surface area contributed by atoms with Gasteiger partial charge in [-0.2, -0.15) is 0 Å². The van der Waals surface area contributed by atoms with Gasteiger partial charge in [0, 0.05) is 13.0 Å². The Hall–Kier alpha value is -1.16. The van der Waals surface area contributed by atoms with Crippen LogP contribution in [0.5, 0.6) is 0 Å². The number of nitrogens with two attached hydrogens (primary N) is 1. The van der Waals surface area contributed by atoms with Crippen LogP contribution in [0.4, 0.5) is 0 Å². The van der Waals surface area contributed by atoms with E-state index in [0.717, 1.165) is 11.1 Å². The topological polar surface area (TPSA) is 66.5 Å². The first kappa shape index (κ1) is 10.9. The molecule has 0 aliphatic rings. The minimum Gasteiger partial charge on any atom is -0.364 e. The second kappa shape index (κ2) is 4.37. The van der Waals surface area contributed by atoms with Gasteiger partial charge in [0.15, 0.2) is 5.79 Å². The number of benzene rings is 1. The Bertz CT molecular complexity index is 304. The van der Waals surface area contributed by atoms with E-state index < -0.39 is 5.79 Å². The van der Waals surface area contributed by atoms with Crippen molar-refractivity contribution in [2.45, 2.75) is 12.2 Å². The molecule has 0 saturated heterocycles. The SMILES string of the molecule is C=Cc1ccc(CC(O)(O)CN)cc1. The van der Waals surface area contributed by atoms with Crippen LogP contribution in [0.2, 0.25) is 0 Å². The van der Waals surface area contributed by atoms with Crippen LogP contribution in [0.3, 0.4) is 0 Å². The van der Waals surface area contributed by atoms with Crippen molar-refractivity contribution in [3.05, 3.63) is 42.0 Å². The number of rotatable bonds is 4. The van der Waals surface area contributed by atoms with Gasteiger partial charge in [-0.3, -0.25) is 0 Å². The Morgan fingerprint density at radius 3 is 2.29 bits per heavy atom. The summed E-state index contributed by atoms with van der Waals surface area (Å²) in [5.41, 5.74) is 7.04. The minimum absolute atomic E-state index is 0.140. The summed E-state index contributed by atoms with van der Waals surface area (Å²) in [6.07, 6.45) is 1.87. The minimum atomic E-state index is -1.81. The zero-order chi connectivity index (χ0) is 10.6. The molecular weight excluding hydrogens is 178 g/mol. The van der Waals surface area contributed by atoms with E-state index in [1.165, 1.54) is 0 Å². The molecule has 0 spiro atoms. The maximum atomic E-state index is 9.31. The van der Waals surface area contributed by atoms with Crippen LogP contribution >= 0.6 is 0 Å². The molecule has 0 heterocycles. The lowest BCUT2D eigenvalue weighted by molar-refractivity contribution is -0.150. The van der Waals surface area contributed by atoms with Crippen LogP contribution in [-0.4, -0.2) is 22.5 Å². The van der Waals surface area contributed by atoms with Gasteiger partial charge in [-0.1, -0.05) is 36.9 Å². The summed E-state index contributed by atoms with van der Waals surface area (Å²) in [6.45, 7) is 3.46. The second-order valence-corrected chi connectivity index (χ2v) is 3.31. The van der Waals surface area contributed by atoms with Crippen LogP contribution in [0, 0.1) is 0 Å². The van der Waals surface area contributed by atoms with E-state index in [2.05, 4.69) is 6.58 Å². The van der Waals surface area contributed by atoms with Crippen LogP contribution in [-0.2, 0) is 6.42 Å². The maximum absolute atomic E-state index is 9.31. The normalized spacial score (nSPS) is 11.4. The van der Waals surface area contributed by atoms with Crippen molar-refractivity contribution in [1.82, 2.24) is 0 Å². The highest BCUT2D eigenvalue weighted by Crippen LogP contribution is 2.11. The third kappa shape index (κ3) is 2.96. The molecule has 0 amide bonds. The number of aliphatic hydroxyl groups is 2. The Kier molecular flexibility index (Phi) is 3.41. The van der Waals surface area contributed by atoms with E-state index in [9.17, 15) is 10.2 Å². The van der Waals surface area contributed by atoms with Gasteiger partial charge in [-0.05, 0) is 11.1 Å². The fraction of sp³-hybridized carbons (Fsp3) is 0.273. The third-order valence-corrected chi connectivity index (χ3v) is 2.03. The first-order valence-electron chi connectivity index (χ1n) is 4.43. The molecule has 14 heavy (non-hydrogen) atoms.